The number of benzene rings is 1. The lowest BCUT2D eigenvalue weighted by Crippen LogP contribution is -2.15. The molecule has 11 heteroatoms. The summed E-state index contributed by atoms with van der Waals surface area (Å²) < 4.78 is 54.3. The minimum atomic E-state index is 0.479. The highest BCUT2D eigenvalue weighted by atomic mass is 16.6. The summed E-state index contributed by atoms with van der Waals surface area (Å²) >= 11 is 0. The minimum absolute atomic E-state index is 0.479. The Bertz CT molecular complexity index is 620. The van der Waals surface area contributed by atoms with Gasteiger partial charge in [0.2, 0.25) is 0 Å². The molecule has 0 radical (unpaired) electrons. The summed E-state index contributed by atoms with van der Waals surface area (Å²) in [6.45, 7) is 13.5. The van der Waals surface area contributed by atoms with E-state index < -0.39 is 0 Å². The molecule has 0 fully saturated rings. The van der Waals surface area contributed by atoms with Crippen LogP contribution in [-0.2, 0) is 42.6 Å². The molecular formula is C27H47NO10. The van der Waals surface area contributed by atoms with E-state index in [1.807, 2.05) is 12.1 Å². The van der Waals surface area contributed by atoms with E-state index in [1.54, 1.807) is 18.2 Å². The maximum atomic E-state index is 5.63. The third-order valence-electron chi connectivity index (χ3n) is 4.59. The molecule has 0 heterocycles. The Labute approximate surface area is 227 Å². The van der Waals surface area contributed by atoms with E-state index in [9.17, 15) is 0 Å². The highest BCUT2D eigenvalue weighted by Crippen LogP contribution is 2.12. The Balaban J connectivity index is 1.64. The maximum Gasteiger partial charge on any atom is 0.119 e. The van der Waals surface area contributed by atoms with Crippen LogP contribution in [0, 0.1) is 0 Å². The van der Waals surface area contributed by atoms with Crippen molar-refractivity contribution >= 4 is 5.69 Å². The molecule has 0 aromatic heterocycles. The first-order valence-corrected chi connectivity index (χ1v) is 13.1. The fourth-order valence-electron chi connectivity index (χ4n) is 2.71. The van der Waals surface area contributed by atoms with Crippen molar-refractivity contribution in [3.63, 3.8) is 0 Å². The fourth-order valence-corrected chi connectivity index (χ4v) is 2.71. The lowest BCUT2D eigenvalue weighted by Gasteiger charge is -2.09. The molecule has 0 saturated heterocycles. The van der Waals surface area contributed by atoms with Gasteiger partial charge in [0.15, 0.2) is 0 Å². The largest absolute Gasteiger partial charge is 0.491 e. The van der Waals surface area contributed by atoms with Crippen molar-refractivity contribution in [2.75, 3.05) is 131 Å². The van der Waals surface area contributed by atoms with Crippen molar-refractivity contribution in [1.29, 1.82) is 0 Å². The van der Waals surface area contributed by atoms with Crippen LogP contribution in [0.2, 0.25) is 0 Å². The van der Waals surface area contributed by atoms with Gasteiger partial charge in [0.1, 0.15) is 12.4 Å². The fraction of sp³-hybridized carbons (Fsp3) is 0.704. The SMILES string of the molecule is C=CCOCCOCCOCCOCCOCCOCCOCCOCCOCCOc1ccc(N)cc1. The van der Waals surface area contributed by atoms with Crippen LogP contribution in [0.3, 0.4) is 0 Å². The van der Waals surface area contributed by atoms with Gasteiger partial charge in [0, 0.05) is 5.69 Å². The van der Waals surface area contributed by atoms with Crippen LogP contribution in [0.1, 0.15) is 0 Å². The van der Waals surface area contributed by atoms with E-state index in [1.165, 1.54) is 0 Å². The van der Waals surface area contributed by atoms with Crippen LogP contribution in [0.5, 0.6) is 5.75 Å². The first-order chi connectivity index (χ1) is 18.8. The molecule has 0 unspecified atom stereocenters. The second kappa shape index (κ2) is 28.2. The van der Waals surface area contributed by atoms with E-state index in [4.69, 9.17) is 53.1 Å². The summed E-state index contributed by atoms with van der Waals surface area (Å²) in [4.78, 5) is 0. The van der Waals surface area contributed by atoms with E-state index in [2.05, 4.69) is 6.58 Å². The average molecular weight is 546 g/mol. The molecular weight excluding hydrogens is 498 g/mol. The molecule has 1 aromatic carbocycles. The normalized spacial score (nSPS) is 11.2. The van der Waals surface area contributed by atoms with Gasteiger partial charge in [-0.3, -0.25) is 0 Å². The van der Waals surface area contributed by atoms with Crippen LogP contribution < -0.4 is 10.5 Å². The first kappa shape index (κ1) is 34.2. The number of nitrogens with two attached hydrogens (primary N) is 1. The molecule has 1 aromatic rings. The van der Waals surface area contributed by atoms with E-state index in [0.29, 0.717) is 131 Å². The number of hydrogen-bond acceptors (Lipinski definition) is 11. The van der Waals surface area contributed by atoms with E-state index >= 15 is 0 Å². The molecule has 0 aliphatic rings. The number of rotatable bonds is 30. The van der Waals surface area contributed by atoms with Gasteiger partial charge < -0.3 is 53.1 Å². The molecule has 2 N–H and O–H groups in total. The van der Waals surface area contributed by atoms with Crippen molar-refractivity contribution in [3.8, 4) is 5.75 Å². The Kier molecular flexibility index (Phi) is 25.4. The molecule has 38 heavy (non-hydrogen) atoms. The Morgan fingerprint density at radius 3 is 1.05 bits per heavy atom. The second-order valence-electron chi connectivity index (χ2n) is 7.68. The average Bonchev–Trinajstić information content (AvgIpc) is 2.93. The molecule has 0 aliphatic carbocycles. The summed E-state index contributed by atoms with van der Waals surface area (Å²) in [6, 6.07) is 7.26. The zero-order chi connectivity index (χ0) is 27.2. The smallest absolute Gasteiger partial charge is 0.119 e. The third kappa shape index (κ3) is 24.5. The predicted molar refractivity (Wildman–Crippen MR) is 144 cm³/mol. The number of ether oxygens (including phenoxy) is 10. The zero-order valence-corrected chi connectivity index (χ0v) is 22.7. The standard InChI is InChI=1S/C27H47NO10/c1-2-7-29-8-9-30-10-11-31-12-13-32-14-15-33-16-17-34-18-19-35-20-21-36-22-23-37-24-25-38-27-5-3-26(28)4-6-27/h2-6H,1,7-25,28H2. The summed E-state index contributed by atoms with van der Waals surface area (Å²) in [6.07, 6.45) is 1.71. The maximum absolute atomic E-state index is 5.63. The molecule has 11 nitrogen and oxygen atoms in total. The molecule has 0 saturated carbocycles. The topological polar surface area (TPSA) is 118 Å². The summed E-state index contributed by atoms with van der Waals surface area (Å²) in [5.41, 5.74) is 6.34. The van der Waals surface area contributed by atoms with Gasteiger partial charge in [-0.15, -0.1) is 6.58 Å². The lowest BCUT2D eigenvalue weighted by molar-refractivity contribution is -0.0250. The molecule has 0 aliphatic heterocycles. The number of hydrogen-bond donors (Lipinski definition) is 1. The van der Waals surface area contributed by atoms with Crippen LogP contribution in [0.4, 0.5) is 5.69 Å². The monoisotopic (exact) mass is 545 g/mol. The van der Waals surface area contributed by atoms with Crippen LogP contribution >= 0.6 is 0 Å². The van der Waals surface area contributed by atoms with Crippen molar-refractivity contribution in [3.05, 3.63) is 36.9 Å². The van der Waals surface area contributed by atoms with Crippen molar-refractivity contribution in [2.45, 2.75) is 0 Å². The highest BCUT2D eigenvalue weighted by Gasteiger charge is 1.96. The molecule has 0 atom stereocenters. The summed E-state index contributed by atoms with van der Waals surface area (Å²) in [7, 11) is 0. The van der Waals surface area contributed by atoms with E-state index in [0.717, 1.165) is 5.75 Å². The van der Waals surface area contributed by atoms with Gasteiger partial charge in [0.25, 0.3) is 0 Å². The van der Waals surface area contributed by atoms with Crippen molar-refractivity contribution in [1.82, 2.24) is 0 Å². The summed E-state index contributed by atoms with van der Waals surface area (Å²) in [5.74, 6) is 0.774. The van der Waals surface area contributed by atoms with Gasteiger partial charge in [0.05, 0.1) is 119 Å². The van der Waals surface area contributed by atoms with Gasteiger partial charge >= 0.3 is 0 Å². The Hall–Kier alpha value is -1.80. The minimum Gasteiger partial charge on any atom is -0.491 e. The Morgan fingerprint density at radius 2 is 0.737 bits per heavy atom. The molecule has 220 valence electrons. The molecule has 0 bridgehead atoms. The molecule has 0 spiro atoms. The van der Waals surface area contributed by atoms with Gasteiger partial charge in [-0.25, -0.2) is 0 Å². The zero-order valence-electron chi connectivity index (χ0n) is 22.7. The molecule has 0 amide bonds. The van der Waals surface area contributed by atoms with Gasteiger partial charge in [-0.1, -0.05) is 6.08 Å². The van der Waals surface area contributed by atoms with E-state index in [-0.39, 0.29) is 0 Å². The first-order valence-electron chi connectivity index (χ1n) is 13.1. The van der Waals surface area contributed by atoms with Crippen LogP contribution in [-0.4, -0.2) is 126 Å². The lowest BCUT2D eigenvalue weighted by atomic mass is 10.3. The predicted octanol–water partition coefficient (Wildman–Crippen LogP) is 1.98. The van der Waals surface area contributed by atoms with Gasteiger partial charge in [-0.05, 0) is 24.3 Å². The highest BCUT2D eigenvalue weighted by molar-refractivity contribution is 5.41. The Morgan fingerprint density at radius 1 is 0.447 bits per heavy atom. The number of nitrogen functional groups attached to an aromatic ring is 1. The van der Waals surface area contributed by atoms with Gasteiger partial charge in [-0.2, -0.15) is 0 Å². The second-order valence-corrected chi connectivity index (χ2v) is 7.68. The third-order valence-corrected chi connectivity index (χ3v) is 4.59. The van der Waals surface area contributed by atoms with Crippen molar-refractivity contribution < 1.29 is 47.4 Å². The van der Waals surface area contributed by atoms with Crippen molar-refractivity contribution in [2.24, 2.45) is 0 Å². The quantitative estimate of drug-likeness (QED) is 0.0868. The van der Waals surface area contributed by atoms with Crippen LogP contribution in [0.25, 0.3) is 0 Å². The molecule has 1 rings (SSSR count). The van der Waals surface area contributed by atoms with Crippen LogP contribution in [0.15, 0.2) is 36.9 Å². The number of anilines is 1. The summed E-state index contributed by atoms with van der Waals surface area (Å²) in [5, 5.41) is 0.